The number of hydrogen-bond acceptors (Lipinski definition) is 3. The summed E-state index contributed by atoms with van der Waals surface area (Å²) in [5, 5.41) is 5.45. The molecule has 2 atom stereocenters. The number of carbonyl (C=O) groups is 1. The SMILES string of the molecule is CC1CC(C)CC(NCc2cc(C(N)=O)cs2)C1. The maximum Gasteiger partial charge on any atom is 0.249 e. The van der Waals surface area contributed by atoms with E-state index >= 15 is 0 Å². The highest BCUT2D eigenvalue weighted by Gasteiger charge is 2.23. The zero-order chi connectivity index (χ0) is 13.1. The molecule has 1 aliphatic carbocycles. The van der Waals surface area contributed by atoms with Crippen molar-refractivity contribution in [1.82, 2.24) is 5.32 Å². The molecular formula is C14H22N2OS. The van der Waals surface area contributed by atoms with Crippen molar-refractivity contribution in [2.24, 2.45) is 17.6 Å². The molecule has 1 fully saturated rings. The van der Waals surface area contributed by atoms with E-state index < -0.39 is 0 Å². The third kappa shape index (κ3) is 3.56. The molecule has 1 aromatic heterocycles. The van der Waals surface area contributed by atoms with Gasteiger partial charge in [0.15, 0.2) is 0 Å². The fraction of sp³-hybridized carbons (Fsp3) is 0.643. The van der Waals surface area contributed by atoms with E-state index in [1.807, 2.05) is 11.4 Å². The molecule has 3 N–H and O–H groups in total. The van der Waals surface area contributed by atoms with Gasteiger partial charge in [0.2, 0.25) is 5.91 Å². The second-order valence-electron chi connectivity index (χ2n) is 5.66. The molecule has 1 aliphatic rings. The minimum absolute atomic E-state index is 0.336. The predicted octanol–water partition coefficient (Wildman–Crippen LogP) is 2.76. The normalized spacial score (nSPS) is 28.2. The van der Waals surface area contributed by atoms with Gasteiger partial charge in [0.25, 0.3) is 0 Å². The number of thiophene rings is 1. The Morgan fingerprint density at radius 1 is 1.39 bits per heavy atom. The van der Waals surface area contributed by atoms with Crippen molar-refractivity contribution < 1.29 is 4.79 Å². The molecule has 1 saturated carbocycles. The maximum atomic E-state index is 11.0. The quantitative estimate of drug-likeness (QED) is 0.880. The van der Waals surface area contributed by atoms with E-state index in [4.69, 9.17) is 5.73 Å². The summed E-state index contributed by atoms with van der Waals surface area (Å²) in [5.74, 6) is 1.30. The summed E-state index contributed by atoms with van der Waals surface area (Å²) in [5.41, 5.74) is 5.88. The van der Waals surface area contributed by atoms with E-state index in [1.165, 1.54) is 24.1 Å². The molecule has 0 aromatic carbocycles. The highest BCUT2D eigenvalue weighted by molar-refractivity contribution is 7.10. The van der Waals surface area contributed by atoms with Crippen molar-refractivity contribution in [2.45, 2.75) is 45.7 Å². The van der Waals surface area contributed by atoms with Crippen molar-refractivity contribution in [3.63, 3.8) is 0 Å². The molecule has 0 aliphatic heterocycles. The summed E-state index contributed by atoms with van der Waals surface area (Å²) in [6.07, 6.45) is 3.87. The van der Waals surface area contributed by atoms with Crippen LogP contribution in [0, 0.1) is 11.8 Å². The third-order valence-electron chi connectivity index (χ3n) is 3.68. The van der Waals surface area contributed by atoms with Crippen molar-refractivity contribution in [3.05, 3.63) is 21.9 Å². The Morgan fingerprint density at radius 2 is 2.06 bits per heavy atom. The number of nitrogens with one attached hydrogen (secondary N) is 1. The molecule has 0 saturated heterocycles. The van der Waals surface area contributed by atoms with Crippen LogP contribution < -0.4 is 11.1 Å². The van der Waals surface area contributed by atoms with Crippen LogP contribution in [-0.2, 0) is 6.54 Å². The Labute approximate surface area is 113 Å². The lowest BCUT2D eigenvalue weighted by Crippen LogP contribution is -2.35. The first-order valence-electron chi connectivity index (χ1n) is 6.65. The molecule has 4 heteroatoms. The van der Waals surface area contributed by atoms with Gasteiger partial charge < -0.3 is 11.1 Å². The van der Waals surface area contributed by atoms with Crippen LogP contribution in [0.25, 0.3) is 0 Å². The van der Waals surface area contributed by atoms with E-state index in [0.717, 1.165) is 18.4 Å². The topological polar surface area (TPSA) is 55.1 Å². The number of primary amides is 1. The van der Waals surface area contributed by atoms with Crippen LogP contribution in [-0.4, -0.2) is 11.9 Å². The number of rotatable bonds is 4. The largest absolute Gasteiger partial charge is 0.366 e. The van der Waals surface area contributed by atoms with Crippen LogP contribution in [0.2, 0.25) is 0 Å². The lowest BCUT2D eigenvalue weighted by molar-refractivity contribution is 0.100. The van der Waals surface area contributed by atoms with Crippen molar-refractivity contribution in [1.29, 1.82) is 0 Å². The van der Waals surface area contributed by atoms with Gasteiger partial charge in [-0.15, -0.1) is 11.3 Å². The molecule has 0 bridgehead atoms. The lowest BCUT2D eigenvalue weighted by Gasteiger charge is -2.32. The van der Waals surface area contributed by atoms with E-state index in [2.05, 4.69) is 19.2 Å². The Kier molecular flexibility index (Phi) is 4.40. The minimum Gasteiger partial charge on any atom is -0.366 e. The van der Waals surface area contributed by atoms with Crippen LogP contribution in [0.15, 0.2) is 11.4 Å². The first kappa shape index (κ1) is 13.6. The highest BCUT2D eigenvalue weighted by Crippen LogP contribution is 2.28. The molecule has 3 nitrogen and oxygen atoms in total. The van der Waals surface area contributed by atoms with Crippen LogP contribution in [0.1, 0.15) is 48.3 Å². The van der Waals surface area contributed by atoms with Gasteiger partial charge in [-0.25, -0.2) is 0 Å². The van der Waals surface area contributed by atoms with E-state index in [9.17, 15) is 4.79 Å². The smallest absolute Gasteiger partial charge is 0.249 e. The van der Waals surface area contributed by atoms with E-state index in [0.29, 0.717) is 11.6 Å². The van der Waals surface area contributed by atoms with Gasteiger partial charge in [-0.2, -0.15) is 0 Å². The molecule has 18 heavy (non-hydrogen) atoms. The van der Waals surface area contributed by atoms with Gasteiger partial charge in [0.1, 0.15) is 0 Å². The van der Waals surface area contributed by atoms with Crippen LogP contribution in [0.5, 0.6) is 0 Å². The van der Waals surface area contributed by atoms with Gasteiger partial charge >= 0.3 is 0 Å². The second kappa shape index (κ2) is 5.85. The second-order valence-corrected chi connectivity index (χ2v) is 6.66. The summed E-state index contributed by atoms with van der Waals surface area (Å²) in [6, 6.07) is 2.51. The Balaban J connectivity index is 1.85. The molecule has 0 radical (unpaired) electrons. The van der Waals surface area contributed by atoms with E-state index in [1.54, 1.807) is 11.3 Å². The molecule has 1 amide bonds. The first-order chi connectivity index (χ1) is 8.54. The summed E-state index contributed by atoms with van der Waals surface area (Å²) >= 11 is 1.60. The molecule has 100 valence electrons. The van der Waals surface area contributed by atoms with Gasteiger partial charge in [-0.1, -0.05) is 13.8 Å². The zero-order valence-corrected chi connectivity index (χ0v) is 11.9. The Bertz CT molecular complexity index is 406. The number of carbonyl (C=O) groups excluding carboxylic acids is 1. The average Bonchev–Trinajstić information content (AvgIpc) is 2.73. The van der Waals surface area contributed by atoms with Crippen LogP contribution >= 0.6 is 11.3 Å². The summed E-state index contributed by atoms with van der Waals surface area (Å²) in [7, 11) is 0. The fourth-order valence-corrected chi connectivity index (χ4v) is 3.79. The number of hydrogen-bond donors (Lipinski definition) is 2. The van der Waals surface area contributed by atoms with Crippen LogP contribution in [0.4, 0.5) is 0 Å². The molecule has 1 aromatic rings. The monoisotopic (exact) mass is 266 g/mol. The lowest BCUT2D eigenvalue weighted by atomic mass is 9.80. The molecule has 2 unspecified atom stereocenters. The Hall–Kier alpha value is -0.870. The summed E-state index contributed by atoms with van der Waals surface area (Å²) in [6.45, 7) is 5.52. The number of amides is 1. The van der Waals surface area contributed by atoms with Gasteiger partial charge in [0, 0.05) is 22.8 Å². The third-order valence-corrected chi connectivity index (χ3v) is 4.62. The van der Waals surface area contributed by atoms with Crippen molar-refractivity contribution in [3.8, 4) is 0 Å². The van der Waals surface area contributed by atoms with E-state index in [-0.39, 0.29) is 5.91 Å². The fourth-order valence-electron chi connectivity index (χ4n) is 2.96. The average molecular weight is 266 g/mol. The maximum absolute atomic E-state index is 11.0. The summed E-state index contributed by atoms with van der Waals surface area (Å²) < 4.78 is 0. The van der Waals surface area contributed by atoms with Gasteiger partial charge in [-0.3, -0.25) is 4.79 Å². The predicted molar refractivity (Wildman–Crippen MR) is 75.6 cm³/mol. The molecule has 2 rings (SSSR count). The van der Waals surface area contributed by atoms with Gasteiger partial charge in [0.05, 0.1) is 5.56 Å². The van der Waals surface area contributed by atoms with Crippen molar-refractivity contribution in [2.75, 3.05) is 0 Å². The van der Waals surface area contributed by atoms with Crippen LogP contribution in [0.3, 0.4) is 0 Å². The molecule has 0 spiro atoms. The zero-order valence-electron chi connectivity index (χ0n) is 11.1. The van der Waals surface area contributed by atoms with Crippen molar-refractivity contribution >= 4 is 17.2 Å². The number of nitrogens with two attached hydrogens (primary N) is 1. The first-order valence-corrected chi connectivity index (χ1v) is 7.53. The minimum atomic E-state index is -0.336. The molecular weight excluding hydrogens is 244 g/mol. The Morgan fingerprint density at radius 3 is 2.61 bits per heavy atom. The summed E-state index contributed by atoms with van der Waals surface area (Å²) in [4.78, 5) is 12.2. The van der Waals surface area contributed by atoms with Gasteiger partial charge in [-0.05, 0) is 37.2 Å². The molecule has 1 heterocycles. The highest BCUT2D eigenvalue weighted by atomic mass is 32.1. The standard InChI is InChI=1S/C14H22N2OS/c1-9-3-10(2)5-12(4-9)16-7-13-6-11(8-18-13)14(15)17/h6,8-10,12,16H,3-5,7H2,1-2H3,(H2,15,17).